The van der Waals surface area contributed by atoms with Gasteiger partial charge >= 0.3 is 5.97 Å². The summed E-state index contributed by atoms with van der Waals surface area (Å²) in [5.74, 6) is -0.305. The number of hydrogen-bond acceptors (Lipinski definition) is 5. The van der Waals surface area contributed by atoms with Crippen LogP contribution in [-0.4, -0.2) is 42.9 Å². The number of hydrogen-bond donors (Lipinski definition) is 0. The highest BCUT2D eigenvalue weighted by Crippen LogP contribution is 2.28. The molecule has 5 heteroatoms. The number of carbonyl (C=O) groups is 1. The topological polar surface area (TPSA) is 51.7 Å². The predicted molar refractivity (Wildman–Crippen MR) is 89.9 cm³/mol. The van der Waals surface area contributed by atoms with Crippen LogP contribution in [-0.2, 0) is 9.47 Å². The van der Waals surface area contributed by atoms with Crippen molar-refractivity contribution >= 4 is 22.6 Å². The first-order chi connectivity index (χ1) is 11.1. The van der Waals surface area contributed by atoms with Gasteiger partial charge in [-0.25, -0.2) is 4.79 Å². The summed E-state index contributed by atoms with van der Waals surface area (Å²) in [5.41, 5.74) is 2.44. The third kappa shape index (κ3) is 3.01. The summed E-state index contributed by atoms with van der Waals surface area (Å²) in [6, 6.07) is 8.35. The molecule has 0 amide bonds. The first-order valence-corrected chi connectivity index (χ1v) is 8.03. The molecule has 3 rings (SSSR count). The van der Waals surface area contributed by atoms with Gasteiger partial charge in [0.15, 0.2) is 0 Å². The summed E-state index contributed by atoms with van der Waals surface area (Å²) in [4.78, 5) is 18.9. The molecule has 0 saturated carbocycles. The first kappa shape index (κ1) is 15.7. The molecule has 0 N–H and O–H groups in total. The maximum absolute atomic E-state index is 12.2. The van der Waals surface area contributed by atoms with E-state index in [-0.39, 0.29) is 5.97 Å². The fourth-order valence-electron chi connectivity index (χ4n) is 3.19. The lowest BCUT2D eigenvalue weighted by Gasteiger charge is -2.40. The van der Waals surface area contributed by atoms with E-state index in [0.717, 1.165) is 16.6 Å². The van der Waals surface area contributed by atoms with E-state index in [4.69, 9.17) is 9.47 Å². The van der Waals surface area contributed by atoms with E-state index >= 15 is 0 Å². The number of pyridine rings is 1. The minimum absolute atomic E-state index is 0.291. The van der Waals surface area contributed by atoms with Gasteiger partial charge in [0.1, 0.15) is 0 Å². The van der Waals surface area contributed by atoms with Gasteiger partial charge < -0.3 is 14.4 Å². The average molecular weight is 314 g/mol. The number of aromatic nitrogens is 1. The van der Waals surface area contributed by atoms with Gasteiger partial charge in [0, 0.05) is 29.4 Å². The van der Waals surface area contributed by atoms with E-state index in [1.807, 2.05) is 19.1 Å². The van der Waals surface area contributed by atoms with E-state index in [1.165, 1.54) is 0 Å². The molecule has 0 bridgehead atoms. The number of carbonyl (C=O) groups excluding carboxylic acids is 1. The first-order valence-electron chi connectivity index (χ1n) is 8.03. The Morgan fingerprint density at radius 3 is 2.74 bits per heavy atom. The van der Waals surface area contributed by atoms with Crippen LogP contribution in [0.15, 0.2) is 30.5 Å². The number of fused-ring (bicyclic) bond motifs is 1. The lowest BCUT2D eigenvalue weighted by atomic mass is 10.1. The van der Waals surface area contributed by atoms with Crippen LogP contribution in [0.1, 0.15) is 31.1 Å². The Labute approximate surface area is 136 Å². The van der Waals surface area contributed by atoms with Gasteiger partial charge in [-0.15, -0.1) is 0 Å². The molecule has 5 nitrogen and oxygen atoms in total. The molecule has 0 aliphatic carbocycles. The van der Waals surface area contributed by atoms with Crippen molar-refractivity contribution in [3.63, 3.8) is 0 Å². The molecule has 122 valence electrons. The molecule has 2 aromatic rings. The van der Waals surface area contributed by atoms with Crippen molar-refractivity contribution in [2.45, 2.75) is 32.9 Å². The zero-order valence-electron chi connectivity index (χ0n) is 13.8. The zero-order valence-corrected chi connectivity index (χ0v) is 13.8. The molecule has 1 aliphatic rings. The van der Waals surface area contributed by atoms with Gasteiger partial charge in [0.05, 0.1) is 30.9 Å². The van der Waals surface area contributed by atoms with Gasteiger partial charge in [-0.2, -0.15) is 0 Å². The van der Waals surface area contributed by atoms with Crippen molar-refractivity contribution in [1.29, 1.82) is 0 Å². The fourth-order valence-corrected chi connectivity index (χ4v) is 3.19. The SMILES string of the molecule is CCOC(=O)c1ccnc2ccc(N3[C@H](C)COC[C@@H]3C)cc12. The molecule has 1 fully saturated rings. The van der Waals surface area contributed by atoms with Crippen LogP contribution in [0.4, 0.5) is 5.69 Å². The second-order valence-corrected chi connectivity index (χ2v) is 5.92. The number of ether oxygens (including phenoxy) is 2. The van der Waals surface area contributed by atoms with Crippen LogP contribution in [0.2, 0.25) is 0 Å². The lowest BCUT2D eigenvalue weighted by molar-refractivity contribution is 0.0528. The Morgan fingerprint density at radius 2 is 2.04 bits per heavy atom. The smallest absolute Gasteiger partial charge is 0.338 e. The van der Waals surface area contributed by atoms with Crippen molar-refractivity contribution in [3.05, 3.63) is 36.0 Å². The Bertz CT molecular complexity index is 706. The highest BCUT2D eigenvalue weighted by Gasteiger charge is 2.26. The Morgan fingerprint density at radius 1 is 1.30 bits per heavy atom. The second-order valence-electron chi connectivity index (χ2n) is 5.92. The molecule has 1 aromatic heterocycles. The molecule has 23 heavy (non-hydrogen) atoms. The van der Waals surface area contributed by atoms with E-state index in [1.54, 1.807) is 12.3 Å². The Kier molecular flexibility index (Phi) is 4.48. The normalized spacial score (nSPS) is 21.4. The molecular weight excluding hydrogens is 292 g/mol. The van der Waals surface area contributed by atoms with E-state index in [0.29, 0.717) is 37.5 Å². The van der Waals surface area contributed by atoms with Crippen molar-refractivity contribution < 1.29 is 14.3 Å². The summed E-state index contributed by atoms with van der Waals surface area (Å²) >= 11 is 0. The van der Waals surface area contributed by atoms with Gasteiger partial charge in [0.25, 0.3) is 0 Å². The summed E-state index contributed by atoms with van der Waals surface area (Å²) in [6.07, 6.45) is 1.65. The summed E-state index contributed by atoms with van der Waals surface area (Å²) in [5, 5.41) is 0.828. The maximum Gasteiger partial charge on any atom is 0.338 e. The van der Waals surface area contributed by atoms with Gasteiger partial charge in [-0.3, -0.25) is 4.98 Å². The average Bonchev–Trinajstić information content (AvgIpc) is 2.54. The van der Waals surface area contributed by atoms with Crippen molar-refractivity contribution in [2.24, 2.45) is 0 Å². The molecule has 0 unspecified atom stereocenters. The third-order valence-corrected chi connectivity index (χ3v) is 4.19. The van der Waals surface area contributed by atoms with Gasteiger partial charge in [-0.1, -0.05) is 0 Å². The highest BCUT2D eigenvalue weighted by molar-refractivity contribution is 6.04. The standard InChI is InChI=1S/C18H22N2O3/c1-4-23-18(21)15-7-8-19-17-6-5-14(9-16(15)17)20-12(2)10-22-11-13(20)3/h5-9,12-13H,4,10-11H2,1-3H3/t12-,13+. The second kappa shape index (κ2) is 6.54. The molecule has 0 spiro atoms. The molecular formula is C18H22N2O3. The summed E-state index contributed by atoms with van der Waals surface area (Å²) < 4.78 is 10.8. The summed E-state index contributed by atoms with van der Waals surface area (Å²) in [7, 11) is 0. The van der Waals surface area contributed by atoms with Gasteiger partial charge in [-0.05, 0) is 45.0 Å². The monoisotopic (exact) mass is 314 g/mol. The number of anilines is 1. The quantitative estimate of drug-likeness (QED) is 0.815. The Hall–Kier alpha value is -2.14. The molecule has 2 heterocycles. The predicted octanol–water partition coefficient (Wildman–Crippen LogP) is 3.03. The number of nitrogens with zero attached hydrogens (tertiary/aromatic N) is 2. The van der Waals surface area contributed by atoms with Crippen LogP contribution in [0.3, 0.4) is 0 Å². The van der Waals surface area contributed by atoms with Crippen LogP contribution < -0.4 is 4.90 Å². The fraction of sp³-hybridized carbons (Fsp3) is 0.444. The number of morpholine rings is 1. The van der Waals surface area contributed by atoms with E-state index in [9.17, 15) is 4.79 Å². The van der Waals surface area contributed by atoms with E-state index < -0.39 is 0 Å². The van der Waals surface area contributed by atoms with Crippen molar-refractivity contribution in [2.75, 3.05) is 24.7 Å². The zero-order chi connectivity index (χ0) is 16.4. The largest absolute Gasteiger partial charge is 0.462 e. The lowest BCUT2D eigenvalue weighted by Crippen LogP contribution is -2.49. The Balaban J connectivity index is 2.06. The number of esters is 1. The minimum Gasteiger partial charge on any atom is -0.462 e. The molecule has 2 atom stereocenters. The molecule has 1 aromatic carbocycles. The van der Waals surface area contributed by atoms with Gasteiger partial charge in [0.2, 0.25) is 0 Å². The molecule has 1 saturated heterocycles. The maximum atomic E-state index is 12.2. The number of rotatable bonds is 3. The van der Waals surface area contributed by atoms with Crippen LogP contribution in [0.25, 0.3) is 10.9 Å². The molecule has 1 aliphatic heterocycles. The minimum atomic E-state index is -0.305. The number of benzene rings is 1. The van der Waals surface area contributed by atoms with Crippen LogP contribution in [0, 0.1) is 0 Å². The van der Waals surface area contributed by atoms with Crippen LogP contribution in [0.5, 0.6) is 0 Å². The van der Waals surface area contributed by atoms with Crippen LogP contribution >= 0.6 is 0 Å². The highest BCUT2D eigenvalue weighted by atomic mass is 16.5. The van der Waals surface area contributed by atoms with Crippen molar-refractivity contribution in [1.82, 2.24) is 4.98 Å². The molecule has 0 radical (unpaired) electrons. The van der Waals surface area contributed by atoms with Crippen molar-refractivity contribution in [3.8, 4) is 0 Å². The third-order valence-electron chi connectivity index (χ3n) is 4.19. The summed E-state index contributed by atoms with van der Waals surface area (Å²) in [6.45, 7) is 7.88. The van der Waals surface area contributed by atoms with E-state index in [2.05, 4.69) is 29.8 Å².